The second-order valence-electron chi connectivity index (χ2n) is 4.85. The fourth-order valence-corrected chi connectivity index (χ4v) is 2.22. The number of hydrogen-bond donors (Lipinski definition) is 1. The first-order valence-corrected chi connectivity index (χ1v) is 6.90. The number of carbonyl (C=O) groups excluding carboxylic acids is 1. The molecule has 110 valence electrons. The lowest BCUT2D eigenvalue weighted by Gasteiger charge is -2.31. The molecule has 2 N–H and O–H groups in total. The van der Waals surface area contributed by atoms with Crippen LogP contribution >= 0.6 is 0 Å². The third kappa shape index (κ3) is 3.91. The average molecular weight is 280 g/mol. The Labute approximate surface area is 117 Å². The van der Waals surface area contributed by atoms with Crippen LogP contribution in [0.5, 0.6) is 0 Å². The monoisotopic (exact) mass is 280 g/mol. The van der Waals surface area contributed by atoms with E-state index in [1.165, 1.54) is 18.4 Å². The van der Waals surface area contributed by atoms with E-state index >= 15 is 0 Å². The first-order valence-electron chi connectivity index (χ1n) is 6.90. The minimum atomic E-state index is -0.450. The molecule has 1 aromatic rings. The maximum absolute atomic E-state index is 12.2. The summed E-state index contributed by atoms with van der Waals surface area (Å²) >= 11 is 0. The largest absolute Gasteiger partial charge is 0.430 e. The minimum absolute atomic E-state index is 0.103. The SMILES string of the molecule is NCCCOC1CCN(C(=O)c2ccc(=O)oc2)CC1. The molecule has 0 aromatic carbocycles. The van der Waals surface area contributed by atoms with Crippen molar-refractivity contribution in [2.75, 3.05) is 26.2 Å². The Hall–Kier alpha value is -1.66. The summed E-state index contributed by atoms with van der Waals surface area (Å²) in [7, 11) is 0. The van der Waals surface area contributed by atoms with Gasteiger partial charge in [0.25, 0.3) is 5.91 Å². The maximum atomic E-state index is 12.2. The molecule has 20 heavy (non-hydrogen) atoms. The topological polar surface area (TPSA) is 85.8 Å². The molecule has 0 atom stereocenters. The minimum Gasteiger partial charge on any atom is -0.430 e. The molecule has 1 aliphatic heterocycles. The van der Waals surface area contributed by atoms with E-state index in [9.17, 15) is 9.59 Å². The predicted molar refractivity (Wildman–Crippen MR) is 73.5 cm³/mol. The number of carbonyl (C=O) groups is 1. The Kier molecular flexibility index (Phi) is 5.31. The molecule has 6 nitrogen and oxygen atoms in total. The van der Waals surface area contributed by atoms with E-state index in [2.05, 4.69) is 0 Å². The van der Waals surface area contributed by atoms with Crippen LogP contribution < -0.4 is 11.4 Å². The Morgan fingerprint density at radius 3 is 2.75 bits per heavy atom. The molecular formula is C14H20N2O4. The zero-order valence-corrected chi connectivity index (χ0v) is 11.4. The number of nitrogens with zero attached hydrogens (tertiary/aromatic N) is 1. The molecule has 6 heteroatoms. The first kappa shape index (κ1) is 14.7. The molecule has 0 bridgehead atoms. The molecule has 0 saturated carbocycles. The molecule has 1 aliphatic rings. The molecule has 1 amide bonds. The normalized spacial score (nSPS) is 16.4. The molecule has 1 fully saturated rings. The van der Waals surface area contributed by atoms with E-state index in [1.54, 1.807) is 4.90 Å². The Balaban J connectivity index is 1.82. The van der Waals surface area contributed by atoms with Crippen molar-refractivity contribution in [1.29, 1.82) is 0 Å². The molecule has 0 unspecified atom stereocenters. The van der Waals surface area contributed by atoms with Gasteiger partial charge in [-0.05, 0) is 31.9 Å². The van der Waals surface area contributed by atoms with E-state index in [4.69, 9.17) is 14.9 Å². The summed E-state index contributed by atoms with van der Waals surface area (Å²) in [6.45, 7) is 2.63. The van der Waals surface area contributed by atoms with Crippen LogP contribution in [0.2, 0.25) is 0 Å². The molecular weight excluding hydrogens is 260 g/mol. The van der Waals surface area contributed by atoms with Crippen molar-refractivity contribution in [1.82, 2.24) is 4.90 Å². The van der Waals surface area contributed by atoms with Gasteiger partial charge in [-0.3, -0.25) is 4.79 Å². The van der Waals surface area contributed by atoms with E-state index < -0.39 is 5.63 Å². The van der Waals surface area contributed by atoms with Crippen molar-refractivity contribution >= 4 is 5.91 Å². The summed E-state index contributed by atoms with van der Waals surface area (Å²) in [5.41, 5.74) is 5.38. The van der Waals surface area contributed by atoms with Gasteiger partial charge in [0.15, 0.2) is 0 Å². The highest BCUT2D eigenvalue weighted by Gasteiger charge is 2.24. The fourth-order valence-electron chi connectivity index (χ4n) is 2.22. The van der Waals surface area contributed by atoms with Crippen LogP contribution in [0.3, 0.4) is 0 Å². The standard InChI is InChI=1S/C14H20N2O4/c15-6-1-9-19-12-4-7-16(8-5-12)14(18)11-2-3-13(17)20-10-11/h2-3,10,12H,1,4-9,15H2. The number of amides is 1. The third-order valence-corrected chi connectivity index (χ3v) is 3.38. The smallest absolute Gasteiger partial charge is 0.335 e. The van der Waals surface area contributed by atoms with Gasteiger partial charge >= 0.3 is 5.63 Å². The van der Waals surface area contributed by atoms with Crippen LogP contribution in [-0.4, -0.2) is 43.2 Å². The summed E-state index contributed by atoms with van der Waals surface area (Å²) in [6.07, 6.45) is 3.94. The summed E-state index contributed by atoms with van der Waals surface area (Å²) in [4.78, 5) is 24.8. The summed E-state index contributed by atoms with van der Waals surface area (Å²) in [5.74, 6) is -0.103. The van der Waals surface area contributed by atoms with Gasteiger partial charge in [0, 0.05) is 25.8 Å². The van der Waals surface area contributed by atoms with Gasteiger partial charge < -0.3 is 19.8 Å². The third-order valence-electron chi connectivity index (χ3n) is 3.38. The Bertz CT molecular complexity index is 472. The molecule has 0 aliphatic carbocycles. The van der Waals surface area contributed by atoms with Crippen molar-refractivity contribution in [3.8, 4) is 0 Å². The second-order valence-corrected chi connectivity index (χ2v) is 4.85. The van der Waals surface area contributed by atoms with Crippen molar-refractivity contribution in [3.63, 3.8) is 0 Å². The lowest BCUT2D eigenvalue weighted by atomic mass is 10.1. The number of likely N-dealkylation sites (tertiary alicyclic amines) is 1. The van der Waals surface area contributed by atoms with Gasteiger partial charge in [-0.1, -0.05) is 0 Å². The maximum Gasteiger partial charge on any atom is 0.335 e. The highest BCUT2D eigenvalue weighted by atomic mass is 16.5. The van der Waals surface area contributed by atoms with Crippen molar-refractivity contribution < 1.29 is 13.9 Å². The number of nitrogens with two attached hydrogens (primary N) is 1. The molecule has 0 spiro atoms. The van der Waals surface area contributed by atoms with Crippen LogP contribution in [0.4, 0.5) is 0 Å². The molecule has 1 aromatic heterocycles. The summed E-state index contributed by atoms with van der Waals surface area (Å²) in [6, 6.07) is 2.76. The van der Waals surface area contributed by atoms with Gasteiger partial charge in [-0.2, -0.15) is 0 Å². The molecule has 0 radical (unpaired) electrons. The lowest BCUT2D eigenvalue weighted by Crippen LogP contribution is -2.41. The lowest BCUT2D eigenvalue weighted by molar-refractivity contribution is 0.00839. The van der Waals surface area contributed by atoms with Gasteiger partial charge in [-0.15, -0.1) is 0 Å². The van der Waals surface area contributed by atoms with Crippen molar-refractivity contribution in [2.45, 2.75) is 25.4 Å². The van der Waals surface area contributed by atoms with Crippen LogP contribution in [-0.2, 0) is 4.74 Å². The summed E-state index contributed by atoms with van der Waals surface area (Å²) in [5, 5.41) is 0. The second kappa shape index (κ2) is 7.21. The predicted octanol–water partition coefficient (Wildman–Crippen LogP) is 0.610. The zero-order valence-electron chi connectivity index (χ0n) is 11.4. The number of rotatable bonds is 5. The average Bonchev–Trinajstić information content (AvgIpc) is 2.48. The number of piperidine rings is 1. The Morgan fingerprint density at radius 2 is 2.15 bits per heavy atom. The van der Waals surface area contributed by atoms with Crippen LogP contribution in [0, 0.1) is 0 Å². The van der Waals surface area contributed by atoms with E-state index in [-0.39, 0.29) is 12.0 Å². The fraction of sp³-hybridized carbons (Fsp3) is 0.571. The highest BCUT2D eigenvalue weighted by Crippen LogP contribution is 2.16. The van der Waals surface area contributed by atoms with E-state index in [0.717, 1.165) is 19.3 Å². The number of hydrogen-bond acceptors (Lipinski definition) is 5. The van der Waals surface area contributed by atoms with Gasteiger partial charge in [0.2, 0.25) is 0 Å². The molecule has 2 heterocycles. The molecule has 2 rings (SSSR count). The van der Waals surface area contributed by atoms with Gasteiger partial charge in [-0.25, -0.2) is 4.79 Å². The van der Waals surface area contributed by atoms with Crippen LogP contribution in [0.25, 0.3) is 0 Å². The number of ether oxygens (including phenoxy) is 1. The summed E-state index contributed by atoms with van der Waals surface area (Å²) < 4.78 is 10.4. The van der Waals surface area contributed by atoms with E-state index in [1.807, 2.05) is 0 Å². The molecule has 1 saturated heterocycles. The Morgan fingerprint density at radius 1 is 1.40 bits per heavy atom. The van der Waals surface area contributed by atoms with Crippen molar-refractivity contribution in [3.05, 3.63) is 34.4 Å². The van der Waals surface area contributed by atoms with Crippen LogP contribution in [0.1, 0.15) is 29.6 Å². The van der Waals surface area contributed by atoms with E-state index in [0.29, 0.717) is 31.8 Å². The zero-order chi connectivity index (χ0) is 14.4. The van der Waals surface area contributed by atoms with Gasteiger partial charge in [0.05, 0.1) is 11.7 Å². The van der Waals surface area contributed by atoms with Gasteiger partial charge in [0.1, 0.15) is 6.26 Å². The van der Waals surface area contributed by atoms with Crippen molar-refractivity contribution in [2.24, 2.45) is 5.73 Å². The van der Waals surface area contributed by atoms with Crippen LogP contribution in [0.15, 0.2) is 27.6 Å². The quantitative estimate of drug-likeness (QED) is 0.799. The highest BCUT2D eigenvalue weighted by molar-refractivity contribution is 5.93. The first-order chi connectivity index (χ1) is 9.70.